The van der Waals surface area contributed by atoms with E-state index in [4.69, 9.17) is 0 Å². The molecule has 0 atom stereocenters. The number of thioether (sulfide) groups is 1. The number of halogens is 3. The molecule has 136 valence electrons. The summed E-state index contributed by atoms with van der Waals surface area (Å²) in [6.45, 7) is -0.212. The van der Waals surface area contributed by atoms with E-state index < -0.39 is 17.6 Å². The third-order valence-electron chi connectivity index (χ3n) is 3.85. The lowest BCUT2D eigenvalue weighted by molar-refractivity contribution is -0.137. The molecule has 0 radical (unpaired) electrons. The summed E-state index contributed by atoms with van der Waals surface area (Å²) >= 11 is 1.41. The van der Waals surface area contributed by atoms with E-state index >= 15 is 0 Å². The largest absolute Gasteiger partial charge is 0.416 e. The zero-order chi connectivity index (χ0) is 18.7. The van der Waals surface area contributed by atoms with E-state index in [0.717, 1.165) is 17.0 Å². The number of hydrogen-bond donors (Lipinski definition) is 1. The maximum absolute atomic E-state index is 12.7. The number of rotatable bonds is 4. The molecule has 2 amide bonds. The Labute approximate surface area is 152 Å². The Hall–Kier alpha value is -2.48. The predicted octanol–water partition coefficient (Wildman–Crippen LogP) is 3.46. The van der Waals surface area contributed by atoms with Crippen LogP contribution in [0, 0.1) is 0 Å². The minimum atomic E-state index is -4.43. The van der Waals surface area contributed by atoms with E-state index in [1.165, 1.54) is 28.8 Å². The highest BCUT2D eigenvalue weighted by atomic mass is 32.2. The summed E-state index contributed by atoms with van der Waals surface area (Å²) in [5.41, 5.74) is 0.249. The van der Waals surface area contributed by atoms with Gasteiger partial charge in [0.25, 0.3) is 0 Å². The Morgan fingerprint density at radius 3 is 2.69 bits per heavy atom. The third-order valence-corrected chi connectivity index (χ3v) is 4.90. The first-order chi connectivity index (χ1) is 12.3. The van der Waals surface area contributed by atoms with Gasteiger partial charge in [-0.2, -0.15) is 13.2 Å². The molecular weight excluding hydrogens is 365 g/mol. The van der Waals surface area contributed by atoms with Crippen LogP contribution in [-0.2, 0) is 22.3 Å². The lowest BCUT2D eigenvalue weighted by Gasteiger charge is -2.28. The Morgan fingerprint density at radius 2 is 1.92 bits per heavy atom. The fourth-order valence-corrected chi connectivity index (χ4v) is 3.52. The average Bonchev–Trinajstić information content (AvgIpc) is 2.62. The molecule has 0 aromatic heterocycles. The van der Waals surface area contributed by atoms with Crippen molar-refractivity contribution in [1.29, 1.82) is 0 Å². The van der Waals surface area contributed by atoms with Crippen molar-refractivity contribution in [3.05, 3.63) is 59.7 Å². The normalized spacial score (nSPS) is 14.1. The lowest BCUT2D eigenvalue weighted by Crippen LogP contribution is -2.43. The van der Waals surface area contributed by atoms with Crippen LogP contribution in [-0.4, -0.2) is 24.1 Å². The third kappa shape index (κ3) is 4.19. The van der Waals surface area contributed by atoms with E-state index in [1.807, 2.05) is 12.1 Å². The molecule has 0 spiro atoms. The molecule has 1 N–H and O–H groups in total. The monoisotopic (exact) mass is 380 g/mol. The number of hydrogen-bond acceptors (Lipinski definition) is 3. The van der Waals surface area contributed by atoms with Crippen LogP contribution in [0.1, 0.15) is 11.1 Å². The van der Waals surface area contributed by atoms with Crippen molar-refractivity contribution in [2.45, 2.75) is 17.6 Å². The Bertz CT molecular complexity index is 839. The number of benzene rings is 2. The number of amides is 2. The van der Waals surface area contributed by atoms with Gasteiger partial charge in [0.1, 0.15) is 6.54 Å². The van der Waals surface area contributed by atoms with E-state index in [9.17, 15) is 22.8 Å². The zero-order valence-corrected chi connectivity index (χ0v) is 14.4. The maximum Gasteiger partial charge on any atom is 0.416 e. The average molecular weight is 380 g/mol. The van der Waals surface area contributed by atoms with Gasteiger partial charge in [-0.15, -0.1) is 11.8 Å². The van der Waals surface area contributed by atoms with Crippen molar-refractivity contribution in [3.63, 3.8) is 0 Å². The number of nitrogens with one attached hydrogen (secondary N) is 1. The molecule has 3 rings (SSSR count). The highest BCUT2D eigenvalue weighted by Gasteiger charge is 2.30. The molecule has 1 heterocycles. The zero-order valence-electron chi connectivity index (χ0n) is 13.5. The van der Waals surface area contributed by atoms with Gasteiger partial charge >= 0.3 is 6.18 Å². The summed E-state index contributed by atoms with van der Waals surface area (Å²) in [6, 6.07) is 12.1. The highest BCUT2D eigenvalue weighted by molar-refractivity contribution is 8.00. The molecule has 0 fully saturated rings. The topological polar surface area (TPSA) is 49.4 Å². The van der Waals surface area contributed by atoms with Crippen LogP contribution in [0.3, 0.4) is 0 Å². The SMILES string of the molecule is O=C(CN1C(=O)CSc2ccccc21)NCc1cccc(C(F)(F)F)c1. The standard InChI is InChI=1S/C18H15F3N2O2S/c19-18(20,21)13-5-3-4-12(8-13)9-22-16(24)10-23-14-6-1-2-7-15(14)26-11-17(23)25/h1-8H,9-11H2,(H,22,24). The molecule has 26 heavy (non-hydrogen) atoms. The van der Waals surface area contributed by atoms with E-state index in [-0.39, 0.29) is 24.7 Å². The van der Waals surface area contributed by atoms with Crippen molar-refractivity contribution in [1.82, 2.24) is 5.32 Å². The van der Waals surface area contributed by atoms with Gasteiger partial charge in [-0.25, -0.2) is 0 Å². The highest BCUT2D eigenvalue weighted by Crippen LogP contribution is 2.34. The van der Waals surface area contributed by atoms with E-state index in [2.05, 4.69) is 5.32 Å². The molecular formula is C18H15F3N2O2S. The van der Waals surface area contributed by atoms with Crippen LogP contribution in [0.15, 0.2) is 53.4 Å². The minimum absolute atomic E-state index is 0.0405. The number of carbonyl (C=O) groups is 2. The molecule has 1 aliphatic rings. The van der Waals surface area contributed by atoms with Crippen LogP contribution in [0.25, 0.3) is 0 Å². The van der Waals surface area contributed by atoms with E-state index in [1.54, 1.807) is 12.1 Å². The summed E-state index contributed by atoms with van der Waals surface area (Å²) in [7, 11) is 0. The first-order valence-corrected chi connectivity index (χ1v) is 8.78. The van der Waals surface area contributed by atoms with Gasteiger partial charge in [0.15, 0.2) is 0 Å². The summed E-state index contributed by atoms with van der Waals surface area (Å²) in [4.78, 5) is 26.6. The molecule has 2 aromatic carbocycles. The summed E-state index contributed by atoms with van der Waals surface area (Å²) in [5.74, 6) is -0.363. The van der Waals surface area contributed by atoms with Crippen LogP contribution in [0.4, 0.5) is 18.9 Å². The summed E-state index contributed by atoms with van der Waals surface area (Å²) in [5, 5.41) is 2.57. The predicted molar refractivity (Wildman–Crippen MR) is 92.8 cm³/mol. The molecule has 4 nitrogen and oxygen atoms in total. The van der Waals surface area contributed by atoms with Crippen molar-refractivity contribution < 1.29 is 22.8 Å². The first-order valence-electron chi connectivity index (χ1n) is 7.79. The fourth-order valence-electron chi connectivity index (χ4n) is 2.59. The van der Waals surface area contributed by atoms with Crippen molar-refractivity contribution in [3.8, 4) is 0 Å². The van der Waals surface area contributed by atoms with Crippen molar-refractivity contribution >= 4 is 29.3 Å². The molecule has 0 saturated carbocycles. The second-order valence-corrected chi connectivity index (χ2v) is 6.73. The first kappa shape index (κ1) is 18.3. The van der Waals surface area contributed by atoms with Crippen LogP contribution in [0.5, 0.6) is 0 Å². The van der Waals surface area contributed by atoms with Gasteiger partial charge in [0.05, 0.1) is 17.0 Å². The molecule has 0 unspecified atom stereocenters. The smallest absolute Gasteiger partial charge is 0.350 e. The second-order valence-electron chi connectivity index (χ2n) is 5.71. The van der Waals surface area contributed by atoms with Crippen molar-refractivity contribution in [2.75, 3.05) is 17.2 Å². The van der Waals surface area contributed by atoms with E-state index in [0.29, 0.717) is 11.3 Å². The molecule has 1 aliphatic heterocycles. The summed E-state index contributed by atoms with van der Waals surface area (Å²) < 4.78 is 38.2. The lowest BCUT2D eigenvalue weighted by atomic mass is 10.1. The molecule has 0 aliphatic carbocycles. The Balaban J connectivity index is 1.64. The maximum atomic E-state index is 12.7. The number of carbonyl (C=O) groups excluding carboxylic acids is 2. The molecule has 0 bridgehead atoms. The van der Waals surface area contributed by atoms with Gasteiger partial charge < -0.3 is 10.2 Å². The minimum Gasteiger partial charge on any atom is -0.350 e. The number of fused-ring (bicyclic) bond motifs is 1. The van der Waals surface area contributed by atoms with Gasteiger partial charge in [-0.3, -0.25) is 9.59 Å². The number of anilines is 1. The second kappa shape index (κ2) is 7.41. The fraction of sp³-hybridized carbons (Fsp3) is 0.222. The number of nitrogens with zero attached hydrogens (tertiary/aromatic N) is 1. The molecule has 2 aromatic rings. The van der Waals surface area contributed by atoms with Gasteiger partial charge in [-0.1, -0.05) is 24.3 Å². The van der Waals surface area contributed by atoms with Gasteiger partial charge in [0, 0.05) is 11.4 Å². The summed E-state index contributed by atoms with van der Waals surface area (Å²) in [6.07, 6.45) is -4.43. The molecule has 8 heteroatoms. The molecule has 0 saturated heterocycles. The number of alkyl halides is 3. The van der Waals surface area contributed by atoms with Gasteiger partial charge in [-0.05, 0) is 29.8 Å². The Kier molecular flexibility index (Phi) is 5.22. The van der Waals surface area contributed by atoms with Crippen LogP contribution in [0.2, 0.25) is 0 Å². The van der Waals surface area contributed by atoms with Gasteiger partial charge in [0.2, 0.25) is 11.8 Å². The van der Waals surface area contributed by atoms with Crippen LogP contribution < -0.4 is 10.2 Å². The quantitative estimate of drug-likeness (QED) is 0.884. The van der Waals surface area contributed by atoms with Crippen LogP contribution >= 0.6 is 11.8 Å². The number of para-hydroxylation sites is 1. The Morgan fingerprint density at radius 1 is 1.15 bits per heavy atom. The van der Waals surface area contributed by atoms with Crippen molar-refractivity contribution in [2.24, 2.45) is 0 Å².